The van der Waals surface area contributed by atoms with Crippen molar-refractivity contribution in [3.8, 4) is 0 Å². The number of aliphatic hydroxyl groups excluding tert-OH is 1. The van der Waals surface area contributed by atoms with Crippen LogP contribution in [0.1, 0.15) is 5.56 Å². The molecule has 3 nitrogen and oxygen atoms in total. The van der Waals surface area contributed by atoms with Crippen LogP contribution in [0.3, 0.4) is 0 Å². The largest absolute Gasteiger partial charge is 0.394 e. The second-order valence-electron chi connectivity index (χ2n) is 3.25. The minimum absolute atomic E-state index is 0.0680. The Kier molecular flexibility index (Phi) is 7.00. The third-order valence-electron chi connectivity index (χ3n) is 1.99. The van der Waals surface area contributed by atoms with Crippen LogP contribution in [0.15, 0.2) is 22.7 Å². The molecule has 0 radical (unpaired) electrons. The predicted octanol–water partition coefficient (Wildman–Crippen LogP) is 2.20. The highest BCUT2D eigenvalue weighted by Crippen LogP contribution is 2.20. The van der Waals surface area contributed by atoms with Crippen LogP contribution in [0.5, 0.6) is 0 Å². The molecule has 16 heavy (non-hydrogen) atoms. The highest BCUT2D eigenvalue weighted by atomic mass is 79.9. The van der Waals surface area contributed by atoms with Gasteiger partial charge in [-0.25, -0.2) is 0 Å². The van der Waals surface area contributed by atoms with Crippen molar-refractivity contribution < 1.29 is 9.84 Å². The molecule has 1 aromatic rings. The summed E-state index contributed by atoms with van der Waals surface area (Å²) in [5.41, 5.74) is 1.06. The normalized spacial score (nSPS) is 10.7. The van der Waals surface area contributed by atoms with Crippen molar-refractivity contribution in [2.45, 2.75) is 6.54 Å². The fourth-order valence-electron chi connectivity index (χ4n) is 1.20. The van der Waals surface area contributed by atoms with E-state index in [9.17, 15) is 0 Å². The average molecular weight is 309 g/mol. The van der Waals surface area contributed by atoms with Crippen LogP contribution in [-0.2, 0) is 11.3 Å². The molecule has 0 fully saturated rings. The number of nitrogens with one attached hydrogen (secondary N) is 1. The summed E-state index contributed by atoms with van der Waals surface area (Å²) in [6, 6.07) is 5.82. The molecule has 5 heteroatoms. The lowest BCUT2D eigenvalue weighted by Gasteiger charge is -2.07. The van der Waals surface area contributed by atoms with Gasteiger partial charge in [-0.15, -0.1) is 0 Å². The van der Waals surface area contributed by atoms with Gasteiger partial charge in [0.2, 0.25) is 0 Å². The number of rotatable bonds is 7. The Hall–Kier alpha value is -0.130. The molecule has 0 unspecified atom stereocenters. The van der Waals surface area contributed by atoms with Crippen LogP contribution >= 0.6 is 27.5 Å². The van der Waals surface area contributed by atoms with Gasteiger partial charge in [0.15, 0.2) is 0 Å². The quantitative estimate of drug-likeness (QED) is 0.759. The van der Waals surface area contributed by atoms with Crippen LogP contribution < -0.4 is 5.32 Å². The Bertz CT molecular complexity index is 323. The lowest BCUT2D eigenvalue weighted by Crippen LogP contribution is -2.20. The van der Waals surface area contributed by atoms with E-state index < -0.39 is 0 Å². The second-order valence-corrected chi connectivity index (χ2v) is 4.57. The van der Waals surface area contributed by atoms with E-state index in [-0.39, 0.29) is 6.61 Å². The summed E-state index contributed by atoms with van der Waals surface area (Å²) in [6.45, 7) is 2.51. The Morgan fingerprint density at radius 3 is 2.88 bits per heavy atom. The average Bonchev–Trinajstić information content (AvgIpc) is 2.26. The van der Waals surface area contributed by atoms with Crippen LogP contribution in [0.4, 0.5) is 0 Å². The smallest absolute Gasteiger partial charge is 0.0698 e. The van der Waals surface area contributed by atoms with Crippen LogP contribution in [-0.4, -0.2) is 31.5 Å². The summed E-state index contributed by atoms with van der Waals surface area (Å²) >= 11 is 9.42. The molecule has 0 bridgehead atoms. The van der Waals surface area contributed by atoms with Gasteiger partial charge in [-0.2, -0.15) is 0 Å². The van der Waals surface area contributed by atoms with E-state index in [0.29, 0.717) is 19.8 Å². The summed E-state index contributed by atoms with van der Waals surface area (Å²) < 4.78 is 6.10. The highest BCUT2D eigenvalue weighted by Gasteiger charge is 2.00. The van der Waals surface area contributed by atoms with Gasteiger partial charge >= 0.3 is 0 Å². The summed E-state index contributed by atoms with van der Waals surface area (Å²) in [5, 5.41) is 12.5. The van der Waals surface area contributed by atoms with Crippen LogP contribution in [0.2, 0.25) is 5.02 Å². The van der Waals surface area contributed by atoms with E-state index in [0.717, 1.165) is 21.6 Å². The number of ether oxygens (including phenoxy) is 1. The highest BCUT2D eigenvalue weighted by molar-refractivity contribution is 9.10. The van der Waals surface area contributed by atoms with E-state index in [1.165, 1.54) is 0 Å². The lowest BCUT2D eigenvalue weighted by molar-refractivity contribution is 0.0938. The fourth-order valence-corrected chi connectivity index (χ4v) is 1.94. The van der Waals surface area contributed by atoms with Crippen molar-refractivity contribution in [3.63, 3.8) is 0 Å². The van der Waals surface area contributed by atoms with Gasteiger partial charge in [0.25, 0.3) is 0 Å². The van der Waals surface area contributed by atoms with E-state index in [1.54, 1.807) is 0 Å². The van der Waals surface area contributed by atoms with Gasteiger partial charge in [0.1, 0.15) is 0 Å². The molecule has 1 aromatic carbocycles. The Balaban J connectivity index is 2.21. The third kappa shape index (κ3) is 5.27. The molecule has 0 heterocycles. The molecule has 0 saturated heterocycles. The summed E-state index contributed by atoms with van der Waals surface area (Å²) in [4.78, 5) is 0. The molecule has 0 aliphatic heterocycles. The first-order chi connectivity index (χ1) is 7.74. The SMILES string of the molecule is OCCOCCNCc1ccc(Br)cc1Cl. The Morgan fingerprint density at radius 1 is 1.38 bits per heavy atom. The third-order valence-corrected chi connectivity index (χ3v) is 2.83. The van der Waals surface area contributed by atoms with Crippen molar-refractivity contribution >= 4 is 27.5 Å². The molecule has 0 amide bonds. The second kappa shape index (κ2) is 8.03. The molecule has 1 rings (SSSR count). The number of hydrogen-bond acceptors (Lipinski definition) is 3. The Morgan fingerprint density at radius 2 is 2.19 bits per heavy atom. The van der Waals surface area contributed by atoms with E-state index in [4.69, 9.17) is 21.4 Å². The van der Waals surface area contributed by atoms with Gasteiger partial charge in [-0.05, 0) is 17.7 Å². The molecule has 2 N–H and O–H groups in total. The first kappa shape index (κ1) is 13.9. The molecule has 0 atom stereocenters. The molecular formula is C11H15BrClNO2. The summed E-state index contributed by atoms with van der Waals surface area (Å²) in [7, 11) is 0. The zero-order valence-corrected chi connectivity index (χ0v) is 11.2. The lowest BCUT2D eigenvalue weighted by atomic mass is 10.2. The van der Waals surface area contributed by atoms with Crippen LogP contribution in [0, 0.1) is 0 Å². The van der Waals surface area contributed by atoms with Gasteiger partial charge < -0.3 is 15.2 Å². The first-order valence-corrected chi connectivity index (χ1v) is 6.24. The summed E-state index contributed by atoms with van der Waals surface area (Å²) in [6.07, 6.45) is 0. The molecule has 0 aromatic heterocycles. The fraction of sp³-hybridized carbons (Fsp3) is 0.455. The summed E-state index contributed by atoms with van der Waals surface area (Å²) in [5.74, 6) is 0. The van der Waals surface area contributed by atoms with E-state index >= 15 is 0 Å². The minimum Gasteiger partial charge on any atom is -0.394 e. The van der Waals surface area contributed by atoms with E-state index in [1.807, 2.05) is 18.2 Å². The zero-order chi connectivity index (χ0) is 11.8. The van der Waals surface area contributed by atoms with Gasteiger partial charge in [0, 0.05) is 22.6 Å². The molecule has 0 aliphatic carbocycles. The van der Waals surface area contributed by atoms with Crippen molar-refractivity contribution in [1.29, 1.82) is 0 Å². The van der Waals surface area contributed by atoms with E-state index in [2.05, 4.69) is 21.2 Å². The van der Waals surface area contributed by atoms with Crippen molar-refractivity contribution in [2.75, 3.05) is 26.4 Å². The Labute approximate surface area is 109 Å². The number of hydrogen-bond donors (Lipinski definition) is 2. The van der Waals surface area contributed by atoms with Crippen LogP contribution in [0.25, 0.3) is 0 Å². The number of aliphatic hydroxyl groups is 1. The first-order valence-electron chi connectivity index (χ1n) is 5.07. The number of benzene rings is 1. The maximum atomic E-state index is 8.50. The van der Waals surface area contributed by atoms with Gasteiger partial charge in [-0.3, -0.25) is 0 Å². The standard InChI is InChI=1S/C11H15BrClNO2/c12-10-2-1-9(11(13)7-10)8-14-3-5-16-6-4-15/h1-2,7,14-15H,3-6,8H2. The molecule has 0 aliphatic rings. The minimum atomic E-state index is 0.0680. The maximum absolute atomic E-state index is 8.50. The molecule has 0 saturated carbocycles. The predicted molar refractivity (Wildman–Crippen MR) is 68.8 cm³/mol. The van der Waals surface area contributed by atoms with Gasteiger partial charge in [-0.1, -0.05) is 33.6 Å². The molecule has 0 spiro atoms. The molecule has 90 valence electrons. The number of halogens is 2. The van der Waals surface area contributed by atoms with Crippen molar-refractivity contribution in [3.05, 3.63) is 33.3 Å². The topological polar surface area (TPSA) is 41.5 Å². The van der Waals surface area contributed by atoms with Crippen molar-refractivity contribution in [2.24, 2.45) is 0 Å². The molecular weight excluding hydrogens is 293 g/mol. The zero-order valence-electron chi connectivity index (χ0n) is 8.88. The monoisotopic (exact) mass is 307 g/mol. The maximum Gasteiger partial charge on any atom is 0.0698 e. The van der Waals surface area contributed by atoms with Gasteiger partial charge in [0.05, 0.1) is 19.8 Å². The van der Waals surface area contributed by atoms with Crippen molar-refractivity contribution in [1.82, 2.24) is 5.32 Å².